The van der Waals surface area contributed by atoms with E-state index in [9.17, 15) is 14.4 Å². The third kappa shape index (κ3) is 5.45. The molecule has 0 aliphatic carbocycles. The fraction of sp³-hybridized carbons (Fsp3) is 0.250. The lowest BCUT2D eigenvalue weighted by Crippen LogP contribution is -2.29. The molecule has 160 valence electrons. The maximum Gasteiger partial charge on any atom is 0.267 e. The van der Waals surface area contributed by atoms with Crippen LogP contribution in [0.2, 0.25) is 0 Å². The molecular weight excluding hydrogens is 392 g/mol. The first-order valence-electron chi connectivity index (χ1n) is 10.3. The van der Waals surface area contributed by atoms with Crippen molar-refractivity contribution in [1.82, 2.24) is 9.78 Å². The smallest absolute Gasteiger partial charge is 0.267 e. The number of hydrogen-bond donors (Lipinski definition) is 2. The molecule has 7 nitrogen and oxygen atoms in total. The highest BCUT2D eigenvalue weighted by Gasteiger charge is 2.11. The molecule has 1 heterocycles. The molecule has 0 aliphatic heterocycles. The molecule has 0 saturated heterocycles. The van der Waals surface area contributed by atoms with Crippen LogP contribution in [-0.4, -0.2) is 21.6 Å². The van der Waals surface area contributed by atoms with Gasteiger partial charge in [-0.1, -0.05) is 44.2 Å². The highest BCUT2D eigenvalue weighted by Crippen LogP contribution is 2.24. The third-order valence-electron chi connectivity index (χ3n) is 4.96. The molecule has 0 unspecified atom stereocenters. The van der Waals surface area contributed by atoms with Crippen LogP contribution in [0, 0.1) is 6.92 Å². The summed E-state index contributed by atoms with van der Waals surface area (Å²) in [6.07, 6.45) is 1.16. The van der Waals surface area contributed by atoms with Crippen molar-refractivity contribution < 1.29 is 9.59 Å². The van der Waals surface area contributed by atoms with Gasteiger partial charge in [-0.15, -0.1) is 0 Å². The second kappa shape index (κ2) is 9.84. The molecule has 3 rings (SSSR count). The molecule has 0 aliphatic rings. The molecule has 1 aromatic heterocycles. The van der Waals surface area contributed by atoms with Gasteiger partial charge in [-0.2, -0.15) is 5.10 Å². The van der Waals surface area contributed by atoms with Gasteiger partial charge in [0.15, 0.2) is 0 Å². The monoisotopic (exact) mass is 418 g/mol. The van der Waals surface area contributed by atoms with Gasteiger partial charge in [-0.05, 0) is 42.7 Å². The molecule has 0 radical (unpaired) electrons. The summed E-state index contributed by atoms with van der Waals surface area (Å²) in [6, 6.07) is 16.1. The van der Waals surface area contributed by atoms with Crippen molar-refractivity contribution >= 4 is 23.2 Å². The van der Waals surface area contributed by atoms with Crippen molar-refractivity contribution in [3.05, 3.63) is 76.1 Å². The minimum absolute atomic E-state index is 0.0813. The van der Waals surface area contributed by atoms with Crippen molar-refractivity contribution in [2.24, 2.45) is 0 Å². The fourth-order valence-corrected chi connectivity index (χ4v) is 3.15. The lowest BCUT2D eigenvalue weighted by molar-refractivity contribution is -0.117. The van der Waals surface area contributed by atoms with Crippen LogP contribution in [0.5, 0.6) is 0 Å². The van der Waals surface area contributed by atoms with E-state index in [-0.39, 0.29) is 23.9 Å². The summed E-state index contributed by atoms with van der Waals surface area (Å²) in [5, 5.41) is 10.1. The number of amides is 2. The summed E-state index contributed by atoms with van der Waals surface area (Å²) in [5.41, 5.74) is 4.27. The standard InChI is InChI=1S/C24H26N4O3/c1-4-17-8-6-7-9-19(17)25-23(30)15-28-24(31)13-12-20(27-28)18-11-10-16(3)21(14-18)26-22(29)5-2/h6-14H,4-5,15H2,1-3H3,(H,25,30)(H,26,29). The Morgan fingerprint density at radius 2 is 1.68 bits per heavy atom. The van der Waals surface area contributed by atoms with Crippen molar-refractivity contribution in [2.45, 2.75) is 40.2 Å². The van der Waals surface area contributed by atoms with Crippen LogP contribution in [0.3, 0.4) is 0 Å². The molecule has 2 N–H and O–H groups in total. The zero-order valence-electron chi connectivity index (χ0n) is 17.9. The normalized spacial score (nSPS) is 10.5. The first kappa shape index (κ1) is 22.0. The number of aryl methyl sites for hydroxylation is 2. The summed E-state index contributed by atoms with van der Waals surface area (Å²) in [4.78, 5) is 36.6. The van der Waals surface area contributed by atoms with Crippen molar-refractivity contribution in [1.29, 1.82) is 0 Å². The zero-order valence-corrected chi connectivity index (χ0v) is 17.9. The molecule has 2 aromatic carbocycles. The Balaban J connectivity index is 1.84. The Kier molecular flexibility index (Phi) is 6.97. The van der Waals surface area contributed by atoms with E-state index in [1.165, 1.54) is 6.07 Å². The minimum atomic E-state index is -0.366. The Morgan fingerprint density at radius 1 is 0.935 bits per heavy atom. The van der Waals surface area contributed by atoms with Gasteiger partial charge in [0.25, 0.3) is 5.56 Å². The van der Waals surface area contributed by atoms with E-state index in [2.05, 4.69) is 15.7 Å². The van der Waals surface area contributed by atoms with E-state index >= 15 is 0 Å². The number of benzene rings is 2. The predicted octanol–water partition coefficient (Wildman–Crippen LogP) is 3.77. The Labute approximate surface area is 181 Å². The SMILES string of the molecule is CCC(=O)Nc1cc(-c2ccc(=O)n(CC(=O)Nc3ccccc3CC)n2)ccc1C. The molecule has 2 amide bonds. The molecule has 7 heteroatoms. The molecule has 31 heavy (non-hydrogen) atoms. The molecule has 0 fully saturated rings. The number of rotatable bonds is 7. The van der Waals surface area contributed by atoms with Crippen LogP contribution in [-0.2, 0) is 22.6 Å². The van der Waals surface area contributed by atoms with Gasteiger partial charge in [0.05, 0.1) is 5.69 Å². The highest BCUT2D eigenvalue weighted by atomic mass is 16.2. The summed E-state index contributed by atoms with van der Waals surface area (Å²) in [6.45, 7) is 5.51. The van der Waals surface area contributed by atoms with Gasteiger partial charge in [-0.25, -0.2) is 4.68 Å². The molecule has 0 bridgehead atoms. The van der Waals surface area contributed by atoms with Crippen LogP contribution in [0.15, 0.2) is 59.4 Å². The number of carbonyl (C=O) groups is 2. The van der Waals surface area contributed by atoms with Crippen LogP contribution in [0.1, 0.15) is 31.4 Å². The lowest BCUT2D eigenvalue weighted by Gasteiger charge is -2.12. The van der Waals surface area contributed by atoms with Gasteiger partial charge in [0.1, 0.15) is 6.54 Å². The summed E-state index contributed by atoms with van der Waals surface area (Å²) in [5.74, 6) is -0.408. The number of nitrogens with one attached hydrogen (secondary N) is 2. The molecular formula is C24H26N4O3. The van der Waals surface area contributed by atoms with Gasteiger partial charge >= 0.3 is 0 Å². The van der Waals surface area contributed by atoms with E-state index in [1.54, 1.807) is 13.0 Å². The second-order valence-corrected chi connectivity index (χ2v) is 7.20. The Morgan fingerprint density at radius 3 is 2.42 bits per heavy atom. The molecule has 3 aromatic rings. The largest absolute Gasteiger partial charge is 0.326 e. The average Bonchev–Trinajstić information content (AvgIpc) is 2.77. The predicted molar refractivity (Wildman–Crippen MR) is 122 cm³/mol. The first-order chi connectivity index (χ1) is 14.9. The highest BCUT2D eigenvalue weighted by molar-refractivity contribution is 5.92. The van der Waals surface area contributed by atoms with Gasteiger partial charge in [-0.3, -0.25) is 14.4 Å². The van der Waals surface area contributed by atoms with Crippen LogP contribution < -0.4 is 16.2 Å². The van der Waals surface area contributed by atoms with Crippen molar-refractivity contribution in [3.8, 4) is 11.3 Å². The number of nitrogens with zero attached hydrogens (tertiary/aromatic N) is 2. The van der Waals surface area contributed by atoms with Gasteiger partial charge < -0.3 is 10.6 Å². The minimum Gasteiger partial charge on any atom is -0.326 e. The fourth-order valence-electron chi connectivity index (χ4n) is 3.15. The van der Waals surface area contributed by atoms with E-state index in [0.29, 0.717) is 17.8 Å². The maximum absolute atomic E-state index is 12.5. The van der Waals surface area contributed by atoms with Gasteiger partial charge in [0.2, 0.25) is 11.8 Å². The quantitative estimate of drug-likeness (QED) is 0.611. The second-order valence-electron chi connectivity index (χ2n) is 7.20. The summed E-state index contributed by atoms with van der Waals surface area (Å²) >= 11 is 0. The number of aromatic nitrogens is 2. The topological polar surface area (TPSA) is 93.1 Å². The maximum atomic E-state index is 12.5. The number of carbonyl (C=O) groups excluding carboxylic acids is 2. The number of para-hydroxylation sites is 1. The van der Waals surface area contributed by atoms with Crippen molar-refractivity contribution in [3.63, 3.8) is 0 Å². The van der Waals surface area contributed by atoms with Crippen LogP contribution >= 0.6 is 0 Å². The zero-order chi connectivity index (χ0) is 22.4. The van der Waals surface area contributed by atoms with E-state index in [0.717, 1.165) is 33.5 Å². The van der Waals surface area contributed by atoms with Crippen molar-refractivity contribution in [2.75, 3.05) is 10.6 Å². The van der Waals surface area contributed by atoms with E-state index < -0.39 is 0 Å². The third-order valence-corrected chi connectivity index (χ3v) is 4.96. The Bertz CT molecular complexity index is 1170. The van der Waals surface area contributed by atoms with Crippen LogP contribution in [0.4, 0.5) is 11.4 Å². The first-order valence-corrected chi connectivity index (χ1v) is 10.3. The lowest BCUT2D eigenvalue weighted by atomic mass is 10.1. The molecule has 0 spiro atoms. The van der Waals surface area contributed by atoms with E-state index in [4.69, 9.17) is 0 Å². The van der Waals surface area contributed by atoms with E-state index in [1.807, 2.05) is 56.3 Å². The van der Waals surface area contributed by atoms with Gasteiger partial charge in [0, 0.05) is 29.4 Å². The average molecular weight is 418 g/mol. The Hall–Kier alpha value is -3.74. The molecule has 0 atom stereocenters. The number of hydrogen-bond acceptors (Lipinski definition) is 4. The number of anilines is 2. The van der Waals surface area contributed by atoms with Crippen LogP contribution in [0.25, 0.3) is 11.3 Å². The summed E-state index contributed by atoms with van der Waals surface area (Å²) < 4.78 is 1.14. The summed E-state index contributed by atoms with van der Waals surface area (Å²) in [7, 11) is 0. The molecule has 0 saturated carbocycles.